The van der Waals surface area contributed by atoms with Crippen LogP contribution in [0, 0.1) is 0 Å². The summed E-state index contributed by atoms with van der Waals surface area (Å²) in [6, 6.07) is 15.9. The highest BCUT2D eigenvalue weighted by atomic mass is 35.5. The molecule has 0 aromatic heterocycles. The number of carbonyl (C=O) groups is 1. The van der Waals surface area contributed by atoms with Crippen molar-refractivity contribution in [3.8, 4) is 5.75 Å². The minimum Gasteiger partial charge on any atom is -0.494 e. The number of ether oxygens (including phenoxy) is 1. The number of aryl methyl sites for hydroxylation is 1. The third-order valence-corrected chi connectivity index (χ3v) is 4.26. The number of hydrogen-bond donors (Lipinski definition) is 1. The zero-order valence-electron chi connectivity index (χ0n) is 15.0. The largest absolute Gasteiger partial charge is 0.494 e. The maximum absolute atomic E-state index is 10.8. The Labute approximate surface area is 170 Å². The summed E-state index contributed by atoms with van der Waals surface area (Å²) in [6.07, 6.45) is 6.17. The Morgan fingerprint density at radius 1 is 1.07 bits per heavy atom. The Bertz CT molecular complexity index is 715. The molecule has 0 amide bonds. The van der Waals surface area contributed by atoms with Crippen LogP contribution in [-0.2, 0) is 15.5 Å². The van der Waals surface area contributed by atoms with Gasteiger partial charge in [-0.2, -0.15) is 0 Å². The highest BCUT2D eigenvalue weighted by Gasteiger charge is 1.99. The van der Waals surface area contributed by atoms with Crippen molar-refractivity contribution in [1.82, 2.24) is 5.32 Å². The Balaban J connectivity index is 1.62. The normalized spacial score (nSPS) is 10.9. The van der Waals surface area contributed by atoms with Crippen LogP contribution in [-0.4, -0.2) is 25.7 Å². The quantitative estimate of drug-likeness (QED) is 0.529. The van der Waals surface area contributed by atoms with E-state index in [1.807, 2.05) is 60.7 Å². The molecule has 0 aliphatic heterocycles. The molecule has 1 N–H and O–H groups in total. The van der Waals surface area contributed by atoms with Crippen LogP contribution >= 0.6 is 23.5 Å². The molecule has 6 heteroatoms. The molecule has 0 atom stereocenters. The zero-order valence-corrected chi connectivity index (χ0v) is 16.5. The molecule has 2 rings (SSSR count). The van der Waals surface area contributed by atoms with Gasteiger partial charge in [0.25, 0.3) is 0 Å². The number of nitrogens with one attached hydrogen (secondary N) is 1. The van der Waals surface area contributed by atoms with E-state index in [9.17, 15) is 4.79 Å². The van der Waals surface area contributed by atoms with Crippen LogP contribution in [0.3, 0.4) is 0 Å². The Hall–Kier alpha value is -2.01. The van der Waals surface area contributed by atoms with Gasteiger partial charge in [-0.3, -0.25) is 4.79 Å². The number of benzene rings is 2. The second kappa shape index (κ2) is 12.4. The number of hydrogen-bond acceptors (Lipinski definition) is 4. The van der Waals surface area contributed by atoms with Crippen LogP contribution in [0.1, 0.15) is 24.0 Å². The van der Waals surface area contributed by atoms with Crippen molar-refractivity contribution in [1.29, 1.82) is 0 Å². The van der Waals surface area contributed by atoms with E-state index >= 15 is 0 Å². The van der Waals surface area contributed by atoms with Crippen LogP contribution < -0.4 is 10.1 Å². The molecule has 2 aromatic carbocycles. The first kappa shape index (κ1) is 21.3. The summed E-state index contributed by atoms with van der Waals surface area (Å²) >= 11 is 10.8. The summed E-state index contributed by atoms with van der Waals surface area (Å²) in [6.45, 7) is 1.86. The molecule has 0 bridgehead atoms. The van der Waals surface area contributed by atoms with E-state index in [4.69, 9.17) is 28.2 Å². The lowest BCUT2D eigenvalue weighted by atomic mass is 10.1. The minimum atomic E-state index is -0.433. The monoisotopic (exact) mass is 407 g/mol. The smallest absolute Gasteiger partial charge is 0.326 e. The molecule has 0 unspecified atom stereocenters. The summed E-state index contributed by atoms with van der Waals surface area (Å²) < 4.78 is 9.84. The van der Waals surface area contributed by atoms with Crippen molar-refractivity contribution in [2.75, 3.05) is 19.7 Å². The van der Waals surface area contributed by atoms with Crippen molar-refractivity contribution < 1.29 is 13.8 Å². The predicted octanol–water partition coefficient (Wildman–Crippen LogP) is 5.04. The van der Waals surface area contributed by atoms with E-state index < -0.39 is 5.97 Å². The van der Waals surface area contributed by atoms with Gasteiger partial charge in [-0.25, -0.2) is 0 Å². The van der Waals surface area contributed by atoms with Crippen molar-refractivity contribution >= 4 is 35.5 Å². The molecule has 0 heterocycles. The molecule has 27 heavy (non-hydrogen) atoms. The van der Waals surface area contributed by atoms with E-state index in [2.05, 4.69) is 9.61 Å². The zero-order chi connectivity index (χ0) is 19.3. The van der Waals surface area contributed by atoms with Gasteiger partial charge in [-0.05, 0) is 48.2 Å². The van der Waals surface area contributed by atoms with Gasteiger partial charge in [0.15, 0.2) is 0 Å². The fourth-order valence-electron chi connectivity index (χ4n) is 2.40. The first-order valence-electron chi connectivity index (χ1n) is 8.83. The Morgan fingerprint density at radius 3 is 2.52 bits per heavy atom. The van der Waals surface area contributed by atoms with Crippen molar-refractivity contribution in [3.63, 3.8) is 0 Å². The highest BCUT2D eigenvalue weighted by Crippen LogP contribution is 2.15. The first-order chi connectivity index (χ1) is 13.2. The van der Waals surface area contributed by atoms with Crippen molar-refractivity contribution in [3.05, 3.63) is 70.8 Å². The lowest BCUT2D eigenvalue weighted by Gasteiger charge is -2.07. The van der Waals surface area contributed by atoms with Crippen molar-refractivity contribution in [2.45, 2.75) is 19.3 Å². The Morgan fingerprint density at radius 2 is 1.81 bits per heavy atom. The Kier molecular flexibility index (Phi) is 9.77. The van der Waals surface area contributed by atoms with Gasteiger partial charge >= 0.3 is 5.97 Å². The van der Waals surface area contributed by atoms with Gasteiger partial charge in [-0.1, -0.05) is 48.0 Å². The van der Waals surface area contributed by atoms with Gasteiger partial charge < -0.3 is 14.3 Å². The summed E-state index contributed by atoms with van der Waals surface area (Å²) in [5.74, 6) is 0.429. The van der Waals surface area contributed by atoms with Crippen molar-refractivity contribution in [2.24, 2.45) is 0 Å². The summed E-state index contributed by atoms with van der Waals surface area (Å²) in [7, 11) is 0. The number of rotatable bonds is 11. The standard InChI is InChI=1S/C21H23Cl2NO3/c22-19-9-5-18(6-10-19)4-2-16-26-20-11-7-17(8-12-20)3-1-14-24-15-13-21(25)27-23/h1,3,5-12,24H,2,4,13-16H2/b3-1+. The average molecular weight is 408 g/mol. The summed E-state index contributed by atoms with van der Waals surface area (Å²) in [5, 5.41) is 3.86. The summed E-state index contributed by atoms with van der Waals surface area (Å²) in [4.78, 5) is 10.8. The van der Waals surface area contributed by atoms with Crippen LogP contribution in [0.4, 0.5) is 0 Å². The van der Waals surface area contributed by atoms with Gasteiger partial charge in [0, 0.05) is 18.1 Å². The molecule has 0 saturated heterocycles. The van der Waals surface area contributed by atoms with Crippen LogP contribution in [0.15, 0.2) is 54.6 Å². The molecule has 0 aliphatic carbocycles. The minimum absolute atomic E-state index is 0.251. The third kappa shape index (κ3) is 8.96. The molecular weight excluding hydrogens is 385 g/mol. The van der Waals surface area contributed by atoms with E-state index in [0.29, 0.717) is 19.7 Å². The number of carbonyl (C=O) groups excluding carboxylic acids is 1. The lowest BCUT2D eigenvalue weighted by Crippen LogP contribution is -2.18. The first-order valence-corrected chi connectivity index (χ1v) is 9.52. The fraction of sp³-hybridized carbons (Fsp3) is 0.286. The van der Waals surface area contributed by atoms with Gasteiger partial charge in [-0.15, -0.1) is 0 Å². The van der Waals surface area contributed by atoms with E-state index in [1.165, 1.54) is 5.56 Å². The van der Waals surface area contributed by atoms with Crippen LogP contribution in [0.2, 0.25) is 5.02 Å². The molecule has 4 nitrogen and oxygen atoms in total. The van der Waals surface area contributed by atoms with E-state index in [-0.39, 0.29) is 6.42 Å². The van der Waals surface area contributed by atoms with Gasteiger partial charge in [0.2, 0.25) is 0 Å². The molecule has 0 aliphatic rings. The highest BCUT2D eigenvalue weighted by molar-refractivity contribution is 6.30. The van der Waals surface area contributed by atoms with E-state index in [1.54, 1.807) is 0 Å². The maximum atomic E-state index is 10.8. The number of halogens is 2. The molecule has 0 fully saturated rings. The predicted molar refractivity (Wildman–Crippen MR) is 110 cm³/mol. The van der Waals surface area contributed by atoms with Gasteiger partial charge in [0.1, 0.15) is 17.6 Å². The average Bonchev–Trinajstić information content (AvgIpc) is 2.70. The summed E-state index contributed by atoms with van der Waals surface area (Å²) in [5.41, 5.74) is 2.35. The molecular formula is C21H23Cl2NO3. The molecule has 144 valence electrons. The second-order valence-electron chi connectivity index (χ2n) is 5.95. The topological polar surface area (TPSA) is 47.6 Å². The second-order valence-corrected chi connectivity index (χ2v) is 6.54. The molecule has 0 saturated carbocycles. The third-order valence-electron chi connectivity index (χ3n) is 3.84. The molecule has 2 aromatic rings. The fourth-order valence-corrected chi connectivity index (χ4v) is 2.61. The SMILES string of the molecule is O=C(CCNC/C=C/c1ccc(OCCCc2ccc(Cl)cc2)cc1)OCl. The maximum Gasteiger partial charge on any atom is 0.326 e. The lowest BCUT2D eigenvalue weighted by molar-refractivity contribution is -0.133. The van der Waals surface area contributed by atoms with Crippen LogP contribution in [0.5, 0.6) is 5.75 Å². The van der Waals surface area contributed by atoms with E-state index in [0.717, 1.165) is 29.2 Å². The molecule has 0 spiro atoms. The van der Waals surface area contributed by atoms with Gasteiger partial charge in [0.05, 0.1) is 13.0 Å². The molecule has 0 radical (unpaired) electrons. The van der Waals surface area contributed by atoms with Crippen LogP contribution in [0.25, 0.3) is 6.08 Å².